The zero-order valence-electron chi connectivity index (χ0n) is 18.6. The monoisotopic (exact) mass is 450 g/mol. The van der Waals surface area contributed by atoms with Gasteiger partial charge in [0.2, 0.25) is 5.82 Å². The number of halogens is 2. The maximum Gasteiger partial charge on any atom is 0.254 e. The van der Waals surface area contributed by atoms with Gasteiger partial charge in [-0.1, -0.05) is 13.0 Å². The van der Waals surface area contributed by atoms with Crippen molar-refractivity contribution in [3.05, 3.63) is 53.4 Å². The van der Waals surface area contributed by atoms with Crippen molar-refractivity contribution >= 4 is 11.6 Å². The Balaban J connectivity index is 1.97. The van der Waals surface area contributed by atoms with Gasteiger partial charge >= 0.3 is 0 Å². The van der Waals surface area contributed by atoms with Crippen molar-refractivity contribution in [1.29, 1.82) is 0 Å². The fourth-order valence-electron chi connectivity index (χ4n) is 3.97. The summed E-state index contributed by atoms with van der Waals surface area (Å²) in [4.78, 5) is 17.3. The van der Waals surface area contributed by atoms with Gasteiger partial charge in [0.05, 0.1) is 25.0 Å². The molecule has 1 aromatic carbocycles. The summed E-state index contributed by atoms with van der Waals surface area (Å²) in [5, 5.41) is 22.3. The molecule has 1 aromatic heterocycles. The zero-order chi connectivity index (χ0) is 23.8. The second-order valence-electron chi connectivity index (χ2n) is 8.79. The molecule has 3 rings (SSSR count). The van der Waals surface area contributed by atoms with E-state index < -0.39 is 47.4 Å². The molecule has 0 saturated carbocycles. The molecule has 0 bridgehead atoms. The molecule has 3 N–H and O–H groups in total. The van der Waals surface area contributed by atoms with Gasteiger partial charge in [-0.05, 0) is 44.9 Å². The first-order valence-electron chi connectivity index (χ1n) is 10.2. The Morgan fingerprint density at radius 3 is 2.66 bits per heavy atom. The number of rotatable bonds is 6. The van der Waals surface area contributed by atoms with Crippen LogP contribution in [-0.4, -0.2) is 46.5 Å². The normalized spacial score (nSPS) is 24.1. The number of aliphatic hydroxyl groups is 2. The van der Waals surface area contributed by atoms with Crippen LogP contribution < -0.4 is 10.1 Å². The predicted octanol–water partition coefficient (Wildman–Crippen LogP) is 3.10. The average Bonchev–Trinajstić information content (AvgIpc) is 2.99. The maximum absolute atomic E-state index is 14.4. The van der Waals surface area contributed by atoms with Crippen LogP contribution in [0, 0.1) is 17.6 Å². The molecule has 1 saturated heterocycles. The van der Waals surface area contributed by atoms with Crippen molar-refractivity contribution in [2.24, 2.45) is 5.92 Å². The second kappa shape index (κ2) is 8.73. The van der Waals surface area contributed by atoms with Gasteiger partial charge in [-0.15, -0.1) is 0 Å². The number of hydrogen-bond acceptors (Lipinski definition) is 6. The summed E-state index contributed by atoms with van der Waals surface area (Å²) >= 11 is 0. The molecule has 0 spiro atoms. The lowest BCUT2D eigenvalue weighted by molar-refractivity contribution is -0.131. The molecular weight excluding hydrogens is 422 g/mol. The number of carbonyl (C=O) groups is 1. The highest BCUT2D eigenvalue weighted by Crippen LogP contribution is 2.49. The van der Waals surface area contributed by atoms with Crippen LogP contribution in [0.25, 0.3) is 0 Å². The minimum Gasteiger partial charge on any atom is -0.493 e. The van der Waals surface area contributed by atoms with E-state index in [9.17, 15) is 23.8 Å². The van der Waals surface area contributed by atoms with Gasteiger partial charge in [0.1, 0.15) is 11.7 Å². The van der Waals surface area contributed by atoms with Gasteiger partial charge in [0.15, 0.2) is 11.6 Å². The smallest absolute Gasteiger partial charge is 0.254 e. The maximum atomic E-state index is 14.4. The third-order valence-electron chi connectivity index (χ3n) is 6.18. The second-order valence-corrected chi connectivity index (χ2v) is 8.79. The van der Waals surface area contributed by atoms with Crippen LogP contribution in [0.15, 0.2) is 30.5 Å². The number of amides is 1. The first-order valence-corrected chi connectivity index (χ1v) is 10.2. The minimum atomic E-state index is -1.58. The Morgan fingerprint density at radius 2 is 2.03 bits per heavy atom. The number of pyridine rings is 1. The Labute approximate surface area is 185 Å². The summed E-state index contributed by atoms with van der Waals surface area (Å²) in [6.45, 7) is 6.38. The molecule has 1 aliphatic rings. The van der Waals surface area contributed by atoms with Gasteiger partial charge in [0, 0.05) is 23.4 Å². The number of benzene rings is 1. The van der Waals surface area contributed by atoms with E-state index in [1.807, 2.05) is 20.8 Å². The average molecular weight is 450 g/mol. The summed E-state index contributed by atoms with van der Waals surface area (Å²) in [5.74, 6) is -3.77. The summed E-state index contributed by atoms with van der Waals surface area (Å²) in [5.41, 5.74) is -1.46. The van der Waals surface area contributed by atoms with Crippen LogP contribution in [-0.2, 0) is 15.1 Å². The van der Waals surface area contributed by atoms with Crippen molar-refractivity contribution in [1.82, 2.24) is 4.98 Å². The van der Waals surface area contributed by atoms with E-state index in [1.165, 1.54) is 38.4 Å². The summed E-state index contributed by atoms with van der Waals surface area (Å²) in [6.07, 6.45) is 0.376. The van der Waals surface area contributed by atoms with Gasteiger partial charge in [-0.2, -0.15) is 4.39 Å². The summed E-state index contributed by atoms with van der Waals surface area (Å²) in [7, 11) is 1.24. The Bertz CT molecular complexity index is 1010. The summed E-state index contributed by atoms with van der Waals surface area (Å²) in [6, 6.07) is 5.40. The largest absolute Gasteiger partial charge is 0.493 e. The number of ether oxygens (including phenoxy) is 2. The van der Waals surface area contributed by atoms with Gasteiger partial charge in [-0.25, -0.2) is 4.39 Å². The standard InChI is InChI=1S/C23H28F2N2O5/c1-12-17(14-6-7-15(24)18(25)19(14)31-5)20(32-22(12,2)3)21(29)27-13-8-9-26-16(10-13)23(4,30)11-28/h6-10,12,17,20,28,30H,11H2,1-5H3,(H,26,27,29)/t12-,17-,20+,23?/m0/s1. The first-order chi connectivity index (χ1) is 14.9. The Kier molecular flexibility index (Phi) is 6.55. The van der Waals surface area contributed by atoms with Crippen molar-refractivity contribution < 1.29 is 33.3 Å². The van der Waals surface area contributed by atoms with Crippen molar-refractivity contribution in [3.8, 4) is 5.75 Å². The number of aromatic nitrogens is 1. The van der Waals surface area contributed by atoms with Crippen LogP contribution in [0.3, 0.4) is 0 Å². The molecule has 0 aliphatic carbocycles. The third-order valence-corrected chi connectivity index (χ3v) is 6.18. The summed E-state index contributed by atoms with van der Waals surface area (Å²) < 4.78 is 39.4. The SMILES string of the molecule is COc1c([C@H]2[C@H](C(=O)Nc3ccnc(C(C)(O)CO)c3)OC(C)(C)[C@H]2C)ccc(F)c1F. The quantitative estimate of drug-likeness (QED) is 0.625. The molecule has 9 heteroatoms. The van der Waals surface area contributed by atoms with Gasteiger partial charge in [-0.3, -0.25) is 9.78 Å². The number of anilines is 1. The third kappa shape index (κ3) is 4.32. The number of hydrogen-bond donors (Lipinski definition) is 3. The van der Waals surface area contributed by atoms with Crippen molar-refractivity contribution in [2.45, 2.75) is 50.9 Å². The van der Waals surface area contributed by atoms with E-state index in [4.69, 9.17) is 9.47 Å². The molecule has 2 aromatic rings. The number of carbonyl (C=O) groups excluding carboxylic acids is 1. The molecule has 1 aliphatic heterocycles. The minimum absolute atomic E-state index is 0.178. The van der Waals surface area contributed by atoms with Gasteiger partial charge in [0.25, 0.3) is 5.91 Å². The Morgan fingerprint density at radius 1 is 1.34 bits per heavy atom. The molecule has 1 amide bonds. The molecule has 2 heterocycles. The van der Waals surface area contributed by atoms with Crippen LogP contribution in [0.4, 0.5) is 14.5 Å². The molecule has 1 unspecified atom stereocenters. The lowest BCUT2D eigenvalue weighted by Gasteiger charge is -2.26. The van der Waals surface area contributed by atoms with Crippen LogP contribution in [0.1, 0.15) is 44.9 Å². The number of methoxy groups -OCH3 is 1. The molecular formula is C23H28F2N2O5. The van der Waals surface area contributed by atoms with E-state index in [-0.39, 0.29) is 17.4 Å². The van der Waals surface area contributed by atoms with E-state index >= 15 is 0 Å². The fourth-order valence-corrected chi connectivity index (χ4v) is 3.97. The van der Waals surface area contributed by atoms with Crippen LogP contribution in [0.2, 0.25) is 0 Å². The molecule has 7 nitrogen and oxygen atoms in total. The lowest BCUT2D eigenvalue weighted by atomic mass is 9.78. The zero-order valence-corrected chi connectivity index (χ0v) is 18.6. The number of nitrogens with one attached hydrogen (secondary N) is 1. The molecule has 0 radical (unpaired) electrons. The molecule has 174 valence electrons. The van der Waals surface area contributed by atoms with Crippen molar-refractivity contribution in [2.75, 3.05) is 19.0 Å². The molecule has 4 atom stereocenters. The van der Waals surface area contributed by atoms with E-state index in [1.54, 1.807) is 0 Å². The van der Waals surface area contributed by atoms with E-state index in [0.717, 1.165) is 6.07 Å². The number of nitrogens with zero attached hydrogens (tertiary/aromatic N) is 1. The lowest BCUT2D eigenvalue weighted by Crippen LogP contribution is -2.33. The predicted molar refractivity (Wildman–Crippen MR) is 113 cm³/mol. The number of aliphatic hydroxyl groups excluding tert-OH is 1. The highest BCUT2D eigenvalue weighted by atomic mass is 19.2. The highest BCUT2D eigenvalue weighted by Gasteiger charge is 2.51. The molecule has 32 heavy (non-hydrogen) atoms. The Hall–Kier alpha value is -2.62. The van der Waals surface area contributed by atoms with Crippen LogP contribution >= 0.6 is 0 Å². The van der Waals surface area contributed by atoms with E-state index in [0.29, 0.717) is 11.3 Å². The van der Waals surface area contributed by atoms with Crippen molar-refractivity contribution in [3.63, 3.8) is 0 Å². The van der Waals surface area contributed by atoms with Gasteiger partial charge < -0.3 is 25.0 Å². The topological polar surface area (TPSA) is 101 Å². The molecule has 1 fully saturated rings. The van der Waals surface area contributed by atoms with E-state index in [2.05, 4.69) is 10.3 Å². The first kappa shape index (κ1) is 24.0. The highest BCUT2D eigenvalue weighted by molar-refractivity contribution is 5.95. The van der Waals surface area contributed by atoms with Crippen LogP contribution in [0.5, 0.6) is 5.75 Å². The fraction of sp³-hybridized carbons (Fsp3) is 0.478.